The fourth-order valence-electron chi connectivity index (χ4n) is 9.28. The van der Waals surface area contributed by atoms with Gasteiger partial charge < -0.3 is 30.2 Å². The van der Waals surface area contributed by atoms with Crippen LogP contribution in [0.15, 0.2) is 78.9 Å². The van der Waals surface area contributed by atoms with Crippen molar-refractivity contribution in [1.29, 1.82) is 0 Å². The van der Waals surface area contributed by atoms with Crippen LogP contribution in [0.5, 0.6) is 11.5 Å². The van der Waals surface area contributed by atoms with Crippen LogP contribution in [-0.2, 0) is 38.4 Å². The van der Waals surface area contributed by atoms with Crippen LogP contribution in [0, 0.1) is 5.92 Å². The molecule has 3 aromatic carbocycles. The Morgan fingerprint density at radius 3 is 1.93 bits per heavy atom. The van der Waals surface area contributed by atoms with Gasteiger partial charge in [-0.1, -0.05) is 80.3 Å². The number of carbonyl (C=O) groups excluding carboxylic acids is 4. The first-order valence-corrected chi connectivity index (χ1v) is 20.3. The molecule has 292 valence electrons. The summed E-state index contributed by atoms with van der Waals surface area (Å²) in [6, 6.07) is 23.4. The molecule has 1 aliphatic carbocycles. The number of nitrogens with one attached hydrogen (secondary N) is 1. The monoisotopic (exact) mass is 749 g/mol. The molecule has 3 heterocycles. The summed E-state index contributed by atoms with van der Waals surface area (Å²) in [5.41, 5.74) is 3.05. The Hall–Kier alpha value is -4.90. The summed E-state index contributed by atoms with van der Waals surface area (Å²) >= 11 is 0. The second kappa shape index (κ2) is 17.7. The predicted octanol–water partition coefficient (Wildman–Crippen LogP) is 4.30. The van der Waals surface area contributed by atoms with Crippen LogP contribution in [0.3, 0.4) is 0 Å². The number of phenolic OH excluding ortho intramolecular Hbond substituents is 2. The van der Waals surface area contributed by atoms with E-state index in [1.165, 1.54) is 12.8 Å². The number of piperazine rings is 2. The molecular formula is C44H55N5O6. The summed E-state index contributed by atoms with van der Waals surface area (Å²) in [5.74, 6) is -1.31. The summed E-state index contributed by atoms with van der Waals surface area (Å²) in [6.07, 6.45) is 10.4. The maximum atomic E-state index is 14.4. The first kappa shape index (κ1) is 38.4. The molecule has 4 amide bonds. The number of rotatable bonds is 13. The number of nitrogens with zero attached hydrogens (tertiary/aromatic N) is 4. The minimum atomic E-state index is -0.605. The molecule has 0 radical (unpaired) electrons. The van der Waals surface area contributed by atoms with E-state index >= 15 is 0 Å². The Labute approximate surface area is 324 Å². The van der Waals surface area contributed by atoms with Gasteiger partial charge in [-0.25, -0.2) is 0 Å². The van der Waals surface area contributed by atoms with Gasteiger partial charge in [0.25, 0.3) is 0 Å². The van der Waals surface area contributed by atoms with E-state index in [0.29, 0.717) is 57.9 Å². The van der Waals surface area contributed by atoms with Gasteiger partial charge in [0.15, 0.2) is 0 Å². The summed E-state index contributed by atoms with van der Waals surface area (Å²) < 4.78 is 0. The van der Waals surface area contributed by atoms with Crippen LogP contribution in [0.2, 0.25) is 0 Å². The number of aromatic hydroxyl groups is 2. The van der Waals surface area contributed by atoms with Gasteiger partial charge in [-0.3, -0.25) is 24.1 Å². The van der Waals surface area contributed by atoms with Gasteiger partial charge in [0.2, 0.25) is 0 Å². The Bertz CT molecular complexity index is 1780. The van der Waals surface area contributed by atoms with Gasteiger partial charge in [0, 0.05) is 44.8 Å². The SMILES string of the molecule is O=C1NC[C@H](Cc2ccc(O)cc2)N(C[C@@H]2CCCN2C[C@H](Cc2ccc(O)cc2)N2C[C@H](Cc3ccccc3)N(CC3CCCCCC3)C(=O)C2=O)C1=O. The Kier molecular flexibility index (Phi) is 12.4. The van der Waals surface area contributed by atoms with Crippen molar-refractivity contribution in [2.24, 2.45) is 5.92 Å². The number of carbonyl (C=O) groups is 4. The van der Waals surface area contributed by atoms with Crippen LogP contribution in [0.25, 0.3) is 0 Å². The largest absolute Gasteiger partial charge is 0.508 e. The van der Waals surface area contributed by atoms with E-state index in [2.05, 4.69) is 22.3 Å². The molecule has 0 aromatic heterocycles. The number of likely N-dealkylation sites (tertiary alicyclic amines) is 1. The minimum absolute atomic E-state index is 0.0399. The van der Waals surface area contributed by atoms with Gasteiger partial charge in [-0.15, -0.1) is 0 Å². The molecule has 3 saturated heterocycles. The molecule has 3 aliphatic heterocycles. The average Bonchev–Trinajstić information content (AvgIpc) is 3.46. The standard InChI is InChI=1S/C44H55N5O6/c50-39-18-14-32(15-19-39)23-36-26-45-41(52)42(53)48(36)29-35-13-8-22-46(35)28-37(25-33-16-20-40(51)21-17-33)49-30-38(24-31-9-6-3-7-10-31)47(43(54)44(49)55)27-34-11-4-1-2-5-12-34/h3,6-7,9-10,14-21,34-38,50-51H,1-2,4-5,8,11-13,22-30H2,(H,45,52)/t35-,36-,37-,38-/m0/s1. The molecule has 0 spiro atoms. The number of amides is 4. The third-order valence-corrected chi connectivity index (χ3v) is 12.3. The highest BCUT2D eigenvalue weighted by atomic mass is 16.3. The first-order valence-electron chi connectivity index (χ1n) is 20.3. The fraction of sp³-hybridized carbons (Fsp3) is 0.500. The quantitative estimate of drug-likeness (QED) is 0.176. The molecule has 0 unspecified atom stereocenters. The van der Waals surface area contributed by atoms with Gasteiger partial charge in [0.1, 0.15) is 11.5 Å². The van der Waals surface area contributed by atoms with Crippen LogP contribution >= 0.6 is 0 Å². The second-order valence-corrected chi connectivity index (χ2v) is 16.1. The van der Waals surface area contributed by atoms with E-state index in [1.54, 1.807) is 29.2 Å². The van der Waals surface area contributed by atoms with Gasteiger partial charge >= 0.3 is 23.6 Å². The van der Waals surface area contributed by atoms with E-state index in [-0.39, 0.29) is 35.7 Å². The Morgan fingerprint density at radius 2 is 1.24 bits per heavy atom. The molecule has 11 heteroatoms. The molecule has 3 aromatic rings. The lowest BCUT2D eigenvalue weighted by Gasteiger charge is -2.46. The van der Waals surface area contributed by atoms with Crippen LogP contribution in [0.4, 0.5) is 0 Å². The number of hydrogen-bond acceptors (Lipinski definition) is 7. The summed E-state index contributed by atoms with van der Waals surface area (Å²) in [7, 11) is 0. The molecule has 3 N–H and O–H groups in total. The molecule has 1 saturated carbocycles. The number of hydrogen-bond donors (Lipinski definition) is 3. The van der Waals surface area contributed by atoms with E-state index in [1.807, 2.05) is 52.3 Å². The van der Waals surface area contributed by atoms with E-state index < -0.39 is 23.6 Å². The highest BCUT2D eigenvalue weighted by Crippen LogP contribution is 2.30. The Morgan fingerprint density at radius 1 is 0.618 bits per heavy atom. The van der Waals surface area contributed by atoms with Crippen LogP contribution < -0.4 is 5.32 Å². The zero-order valence-corrected chi connectivity index (χ0v) is 31.7. The molecule has 4 atom stereocenters. The zero-order chi connectivity index (χ0) is 38.3. The molecule has 7 rings (SSSR count). The molecule has 11 nitrogen and oxygen atoms in total. The normalized spacial score (nSPS) is 23.6. The predicted molar refractivity (Wildman–Crippen MR) is 209 cm³/mol. The van der Waals surface area contributed by atoms with Gasteiger partial charge in [-0.2, -0.15) is 0 Å². The van der Waals surface area contributed by atoms with Crippen molar-refractivity contribution in [2.75, 3.05) is 39.3 Å². The van der Waals surface area contributed by atoms with E-state index in [4.69, 9.17) is 0 Å². The third-order valence-electron chi connectivity index (χ3n) is 12.3. The summed E-state index contributed by atoms with van der Waals surface area (Å²) in [5, 5.41) is 22.6. The maximum absolute atomic E-state index is 14.4. The lowest BCUT2D eigenvalue weighted by atomic mass is 9.94. The van der Waals surface area contributed by atoms with Crippen LogP contribution in [-0.4, -0.2) is 117 Å². The smallest absolute Gasteiger partial charge is 0.312 e. The second-order valence-electron chi connectivity index (χ2n) is 16.1. The zero-order valence-electron chi connectivity index (χ0n) is 31.7. The summed E-state index contributed by atoms with van der Waals surface area (Å²) in [6.45, 7) is 3.02. The van der Waals surface area contributed by atoms with Gasteiger partial charge in [-0.05, 0) is 98.4 Å². The maximum Gasteiger partial charge on any atom is 0.312 e. The first-order chi connectivity index (χ1) is 26.7. The summed E-state index contributed by atoms with van der Waals surface area (Å²) in [4.78, 5) is 62.5. The van der Waals surface area contributed by atoms with Crippen molar-refractivity contribution in [3.63, 3.8) is 0 Å². The van der Waals surface area contributed by atoms with Crippen molar-refractivity contribution < 1.29 is 29.4 Å². The van der Waals surface area contributed by atoms with Crippen molar-refractivity contribution in [2.45, 2.75) is 94.8 Å². The lowest BCUT2D eigenvalue weighted by Crippen LogP contribution is -2.65. The fourth-order valence-corrected chi connectivity index (χ4v) is 9.28. The molecule has 4 fully saturated rings. The highest BCUT2D eigenvalue weighted by Gasteiger charge is 2.44. The molecular weight excluding hydrogens is 695 g/mol. The third kappa shape index (κ3) is 9.50. The van der Waals surface area contributed by atoms with Crippen molar-refractivity contribution in [1.82, 2.24) is 24.9 Å². The average molecular weight is 750 g/mol. The molecule has 4 aliphatic rings. The van der Waals surface area contributed by atoms with Gasteiger partial charge in [0.05, 0.1) is 12.1 Å². The van der Waals surface area contributed by atoms with E-state index in [0.717, 1.165) is 61.8 Å². The van der Waals surface area contributed by atoms with Crippen molar-refractivity contribution in [3.05, 3.63) is 95.6 Å². The van der Waals surface area contributed by atoms with Crippen molar-refractivity contribution >= 4 is 23.6 Å². The topological polar surface area (TPSA) is 134 Å². The minimum Gasteiger partial charge on any atom is -0.508 e. The number of benzene rings is 3. The lowest BCUT2D eigenvalue weighted by molar-refractivity contribution is -0.162. The van der Waals surface area contributed by atoms with E-state index in [9.17, 15) is 29.4 Å². The molecule has 55 heavy (non-hydrogen) atoms. The van der Waals surface area contributed by atoms with Crippen LogP contribution in [0.1, 0.15) is 68.1 Å². The Balaban J connectivity index is 1.14. The van der Waals surface area contributed by atoms with Crippen molar-refractivity contribution in [3.8, 4) is 11.5 Å². The molecule has 0 bridgehead atoms. The highest BCUT2D eigenvalue weighted by molar-refractivity contribution is 6.36. The number of phenols is 2.